The molecule has 7 nitrogen and oxygen atoms in total. The van der Waals surface area contributed by atoms with E-state index in [1.54, 1.807) is 12.0 Å². The number of rotatable bonds is 9. The van der Waals surface area contributed by atoms with Gasteiger partial charge in [-0.1, -0.05) is 31.3 Å². The predicted molar refractivity (Wildman–Crippen MR) is 123 cm³/mol. The van der Waals surface area contributed by atoms with E-state index >= 15 is 0 Å². The van der Waals surface area contributed by atoms with Gasteiger partial charge in [-0.05, 0) is 51.6 Å². The second-order valence-electron chi connectivity index (χ2n) is 7.23. The van der Waals surface area contributed by atoms with Crippen molar-refractivity contribution in [3.05, 3.63) is 35.2 Å². The Kier molecular flexibility index (Phi) is 7.10. The topological polar surface area (TPSA) is 63.5 Å². The highest BCUT2D eigenvalue weighted by Gasteiger charge is 2.25. The summed E-state index contributed by atoms with van der Waals surface area (Å²) in [6.07, 6.45) is 0. The van der Waals surface area contributed by atoms with E-state index < -0.39 is 0 Å². The van der Waals surface area contributed by atoms with Crippen LogP contribution in [0.1, 0.15) is 42.5 Å². The number of hydrogen-bond acceptors (Lipinski definition) is 6. The summed E-state index contributed by atoms with van der Waals surface area (Å²) in [5.41, 5.74) is 3.36. The van der Waals surface area contributed by atoms with Crippen LogP contribution in [0.4, 0.5) is 5.13 Å². The predicted octanol–water partition coefficient (Wildman–Crippen LogP) is 4.13. The van der Waals surface area contributed by atoms with Crippen LogP contribution in [0, 0.1) is 13.8 Å². The lowest BCUT2D eigenvalue weighted by atomic mass is 10.2. The molecule has 2 aromatic heterocycles. The summed E-state index contributed by atoms with van der Waals surface area (Å²) < 4.78 is 8.39. The van der Waals surface area contributed by atoms with Gasteiger partial charge in [0.05, 0.1) is 11.8 Å². The van der Waals surface area contributed by atoms with Gasteiger partial charge in [0.15, 0.2) is 10.8 Å². The molecule has 0 bridgehead atoms. The molecule has 1 amide bonds. The van der Waals surface area contributed by atoms with Crippen molar-refractivity contribution in [2.45, 2.75) is 41.2 Å². The molecule has 0 atom stereocenters. The third-order valence-electron chi connectivity index (χ3n) is 5.42. The van der Waals surface area contributed by atoms with Gasteiger partial charge in [-0.2, -0.15) is 5.10 Å². The smallest absolute Gasteiger partial charge is 0.280 e. The number of likely N-dealkylation sites (N-methyl/N-ethyl adjacent to an activating group) is 1. The number of carbonyl (C=O) groups excluding carboxylic acids is 1. The molecule has 0 fully saturated rings. The zero-order valence-corrected chi connectivity index (χ0v) is 19.5. The highest BCUT2D eigenvalue weighted by atomic mass is 32.1. The number of aromatic nitrogens is 3. The number of anilines is 1. The summed E-state index contributed by atoms with van der Waals surface area (Å²) in [5, 5.41) is 5.19. The van der Waals surface area contributed by atoms with Crippen LogP contribution in [0.25, 0.3) is 10.2 Å². The molecule has 0 unspecified atom stereocenters. The molecule has 30 heavy (non-hydrogen) atoms. The Bertz CT molecular complexity index is 1020. The summed E-state index contributed by atoms with van der Waals surface area (Å²) in [4.78, 5) is 22.4. The average Bonchev–Trinajstić information content (AvgIpc) is 3.35. The molecule has 0 spiro atoms. The van der Waals surface area contributed by atoms with E-state index in [9.17, 15) is 4.79 Å². The maximum atomic E-state index is 13.5. The minimum Gasteiger partial charge on any atom is -0.494 e. The van der Waals surface area contributed by atoms with Gasteiger partial charge < -0.3 is 9.64 Å². The number of hydrogen-bond donors (Lipinski definition) is 0. The first-order valence-electron chi connectivity index (χ1n) is 10.5. The Labute approximate surface area is 182 Å². The van der Waals surface area contributed by atoms with Gasteiger partial charge in [-0.15, -0.1) is 0 Å². The molecule has 8 heteroatoms. The number of amides is 1. The Balaban J connectivity index is 2.03. The van der Waals surface area contributed by atoms with Crippen LogP contribution in [0.5, 0.6) is 5.75 Å². The SMILES string of the molecule is CCN(CC)CCN(C(=O)c1cc(C)n(CC)n1)c1nc2c(OC)ccc(C)c2s1. The van der Waals surface area contributed by atoms with Gasteiger partial charge in [-0.25, -0.2) is 4.98 Å². The summed E-state index contributed by atoms with van der Waals surface area (Å²) >= 11 is 1.53. The number of thiazole rings is 1. The first-order chi connectivity index (χ1) is 14.4. The number of fused-ring (bicyclic) bond motifs is 1. The molecular formula is C22H31N5O2S. The van der Waals surface area contributed by atoms with Crippen LogP contribution in [0.3, 0.4) is 0 Å². The van der Waals surface area contributed by atoms with Crippen molar-refractivity contribution in [2.24, 2.45) is 0 Å². The maximum Gasteiger partial charge on any atom is 0.280 e. The lowest BCUT2D eigenvalue weighted by Gasteiger charge is -2.24. The second-order valence-corrected chi connectivity index (χ2v) is 8.21. The van der Waals surface area contributed by atoms with Gasteiger partial charge >= 0.3 is 0 Å². The molecule has 0 aliphatic heterocycles. The number of aryl methyl sites for hydroxylation is 3. The first-order valence-corrected chi connectivity index (χ1v) is 11.3. The number of benzene rings is 1. The molecule has 1 aromatic carbocycles. The Morgan fingerprint density at radius 2 is 1.90 bits per heavy atom. The molecule has 3 rings (SSSR count). The highest BCUT2D eigenvalue weighted by Crippen LogP contribution is 2.36. The van der Waals surface area contributed by atoms with Crippen LogP contribution in [0.2, 0.25) is 0 Å². The maximum absolute atomic E-state index is 13.5. The van der Waals surface area contributed by atoms with Gasteiger partial charge in [0.1, 0.15) is 11.3 Å². The van der Waals surface area contributed by atoms with Gasteiger partial charge in [0, 0.05) is 25.3 Å². The van der Waals surface area contributed by atoms with Gasteiger partial charge in [-0.3, -0.25) is 14.4 Å². The molecule has 0 N–H and O–H groups in total. The Morgan fingerprint density at radius 3 is 2.50 bits per heavy atom. The molecule has 0 radical (unpaired) electrons. The quantitative estimate of drug-likeness (QED) is 0.512. The highest BCUT2D eigenvalue weighted by molar-refractivity contribution is 7.22. The van der Waals surface area contributed by atoms with E-state index in [4.69, 9.17) is 9.72 Å². The number of ether oxygens (including phenoxy) is 1. The van der Waals surface area contributed by atoms with Crippen LogP contribution in [0.15, 0.2) is 18.2 Å². The number of carbonyl (C=O) groups is 1. The van der Waals surface area contributed by atoms with E-state index in [0.717, 1.165) is 53.4 Å². The summed E-state index contributed by atoms with van der Waals surface area (Å²) in [6.45, 7) is 14.3. The standard InChI is InChI=1S/C22H31N5O2S/c1-7-25(8-2)12-13-26(21(28)17-14-16(5)27(9-3)24-17)22-23-19-18(29-6)11-10-15(4)20(19)30-22/h10-11,14H,7-9,12-13H2,1-6H3. The van der Waals surface area contributed by atoms with Gasteiger partial charge in [0.2, 0.25) is 0 Å². The van der Waals surface area contributed by atoms with Gasteiger partial charge in [0.25, 0.3) is 5.91 Å². The molecule has 2 heterocycles. The van der Waals surface area contributed by atoms with E-state index in [-0.39, 0.29) is 5.91 Å². The molecule has 0 saturated carbocycles. The van der Waals surface area contributed by atoms with Crippen LogP contribution in [-0.2, 0) is 6.54 Å². The van der Waals surface area contributed by atoms with Crippen molar-refractivity contribution in [1.29, 1.82) is 0 Å². The fourth-order valence-corrected chi connectivity index (χ4v) is 4.59. The van der Waals surface area contributed by atoms with E-state index in [1.165, 1.54) is 11.3 Å². The molecule has 0 saturated heterocycles. The zero-order chi connectivity index (χ0) is 21.8. The monoisotopic (exact) mass is 429 g/mol. The average molecular weight is 430 g/mol. The summed E-state index contributed by atoms with van der Waals surface area (Å²) in [7, 11) is 1.65. The minimum absolute atomic E-state index is 0.117. The van der Waals surface area contributed by atoms with E-state index in [1.807, 2.05) is 36.7 Å². The number of methoxy groups -OCH3 is 1. The fraction of sp³-hybridized carbons (Fsp3) is 0.500. The van der Waals surface area contributed by atoms with Crippen LogP contribution >= 0.6 is 11.3 Å². The van der Waals surface area contributed by atoms with E-state index in [2.05, 4.69) is 30.8 Å². The molecule has 162 valence electrons. The Hall–Kier alpha value is -2.45. The van der Waals surface area contributed by atoms with Crippen LogP contribution in [-0.4, -0.2) is 58.9 Å². The number of nitrogens with zero attached hydrogens (tertiary/aromatic N) is 5. The largest absolute Gasteiger partial charge is 0.494 e. The molecular weight excluding hydrogens is 398 g/mol. The summed E-state index contributed by atoms with van der Waals surface area (Å²) in [5.74, 6) is 0.605. The summed E-state index contributed by atoms with van der Waals surface area (Å²) in [6, 6.07) is 5.81. The fourth-order valence-electron chi connectivity index (χ4n) is 3.52. The first kappa shape index (κ1) is 22.2. The van der Waals surface area contributed by atoms with Crippen LogP contribution < -0.4 is 9.64 Å². The van der Waals surface area contributed by atoms with Crippen molar-refractivity contribution in [2.75, 3.05) is 38.2 Å². The lowest BCUT2D eigenvalue weighted by Crippen LogP contribution is -2.39. The van der Waals surface area contributed by atoms with Crippen molar-refractivity contribution in [3.8, 4) is 5.75 Å². The molecule has 3 aromatic rings. The zero-order valence-electron chi connectivity index (χ0n) is 18.7. The van der Waals surface area contributed by atoms with Crippen molar-refractivity contribution in [3.63, 3.8) is 0 Å². The molecule has 0 aliphatic rings. The van der Waals surface area contributed by atoms with E-state index in [0.29, 0.717) is 17.4 Å². The molecule has 0 aliphatic carbocycles. The third kappa shape index (κ3) is 4.34. The lowest BCUT2D eigenvalue weighted by molar-refractivity contribution is 0.0978. The van der Waals surface area contributed by atoms with Crippen molar-refractivity contribution in [1.82, 2.24) is 19.7 Å². The normalized spacial score (nSPS) is 11.4. The minimum atomic E-state index is -0.117. The second kappa shape index (κ2) is 9.57. The van der Waals surface area contributed by atoms with Crippen molar-refractivity contribution >= 4 is 32.6 Å². The third-order valence-corrected chi connectivity index (χ3v) is 6.64. The Morgan fingerprint density at radius 1 is 1.17 bits per heavy atom. The van der Waals surface area contributed by atoms with Crippen molar-refractivity contribution < 1.29 is 9.53 Å².